The van der Waals surface area contributed by atoms with Gasteiger partial charge in [-0.2, -0.15) is 0 Å². The number of fused-ring (bicyclic) bond motifs is 3. The Morgan fingerprint density at radius 2 is 2.14 bits per heavy atom. The number of nitrogens with zero attached hydrogens (tertiary/aromatic N) is 4. The van der Waals surface area contributed by atoms with Gasteiger partial charge in [0.15, 0.2) is 0 Å². The summed E-state index contributed by atoms with van der Waals surface area (Å²) in [5.41, 5.74) is 1.32. The van der Waals surface area contributed by atoms with Crippen molar-refractivity contribution in [2.24, 2.45) is 0 Å². The van der Waals surface area contributed by atoms with Gasteiger partial charge in [0.25, 0.3) is 0 Å². The Balaban J connectivity index is 1.48. The van der Waals surface area contributed by atoms with Crippen LogP contribution in [0.4, 0.5) is 0 Å². The zero-order valence-corrected chi connectivity index (χ0v) is 13.8. The molecule has 2 aliphatic rings. The summed E-state index contributed by atoms with van der Waals surface area (Å²) >= 11 is 7.95. The normalized spacial score (nSPS) is 19.1. The molecule has 0 spiro atoms. The molecule has 0 aromatic carbocycles. The molecule has 2 aromatic heterocycles. The van der Waals surface area contributed by atoms with E-state index < -0.39 is 0 Å². The lowest BCUT2D eigenvalue weighted by Crippen LogP contribution is -2.38. The van der Waals surface area contributed by atoms with Gasteiger partial charge in [0.2, 0.25) is 5.91 Å². The first kappa shape index (κ1) is 14.4. The number of halogens is 1. The fraction of sp³-hybridized carbons (Fsp3) is 0.533. The predicted octanol–water partition coefficient (Wildman–Crippen LogP) is 2.33. The lowest BCUT2D eigenvalue weighted by Gasteiger charge is -2.28. The summed E-state index contributed by atoms with van der Waals surface area (Å²) in [4.78, 5) is 26.9. The molecule has 0 unspecified atom stereocenters. The van der Waals surface area contributed by atoms with Crippen LogP contribution in [-0.4, -0.2) is 51.9 Å². The van der Waals surface area contributed by atoms with Gasteiger partial charge in [-0.1, -0.05) is 11.6 Å². The van der Waals surface area contributed by atoms with E-state index in [-0.39, 0.29) is 0 Å². The Kier molecular flexibility index (Phi) is 3.76. The lowest BCUT2D eigenvalue weighted by atomic mass is 10.1. The van der Waals surface area contributed by atoms with Gasteiger partial charge >= 0.3 is 0 Å². The standard InChI is InChI=1S/C15H17ClN4OS/c16-14-13-10-3-5-19(6-7-20-4-1-2-12(20)21)8-11(10)22-15(13)18-9-17-14/h9H,1-8H2. The van der Waals surface area contributed by atoms with Gasteiger partial charge in [-0.05, 0) is 18.4 Å². The smallest absolute Gasteiger partial charge is 0.222 e. The highest BCUT2D eigenvalue weighted by Gasteiger charge is 2.25. The minimum Gasteiger partial charge on any atom is -0.341 e. The molecular formula is C15H17ClN4OS. The maximum atomic E-state index is 11.7. The molecule has 2 aromatic rings. The van der Waals surface area contributed by atoms with E-state index in [0.717, 1.165) is 62.2 Å². The second kappa shape index (κ2) is 5.76. The Morgan fingerprint density at radius 3 is 2.95 bits per heavy atom. The largest absolute Gasteiger partial charge is 0.341 e. The number of amides is 1. The number of aromatic nitrogens is 2. The first-order valence-electron chi connectivity index (χ1n) is 7.63. The number of rotatable bonds is 3. The molecule has 1 saturated heterocycles. The van der Waals surface area contributed by atoms with E-state index >= 15 is 0 Å². The van der Waals surface area contributed by atoms with Gasteiger partial charge in [0.1, 0.15) is 16.3 Å². The second-order valence-electron chi connectivity index (χ2n) is 5.86. The van der Waals surface area contributed by atoms with Crippen molar-refractivity contribution in [1.82, 2.24) is 19.8 Å². The third-order valence-electron chi connectivity index (χ3n) is 4.53. The van der Waals surface area contributed by atoms with Crippen molar-refractivity contribution in [3.63, 3.8) is 0 Å². The molecule has 0 atom stereocenters. The Hall–Kier alpha value is -1.24. The maximum Gasteiger partial charge on any atom is 0.222 e. The number of carbonyl (C=O) groups is 1. The van der Waals surface area contributed by atoms with Gasteiger partial charge in [0.05, 0.1) is 5.39 Å². The zero-order chi connectivity index (χ0) is 15.1. The SMILES string of the molecule is O=C1CCCN1CCN1CCc2c(sc3ncnc(Cl)c23)C1. The van der Waals surface area contributed by atoms with Crippen LogP contribution in [0.25, 0.3) is 10.2 Å². The van der Waals surface area contributed by atoms with Crippen molar-refractivity contribution in [2.45, 2.75) is 25.8 Å². The van der Waals surface area contributed by atoms with E-state index in [1.165, 1.54) is 16.8 Å². The summed E-state index contributed by atoms with van der Waals surface area (Å²) in [6.45, 7) is 4.64. The molecule has 2 aliphatic heterocycles. The number of likely N-dealkylation sites (tertiary alicyclic amines) is 1. The van der Waals surface area contributed by atoms with Crippen LogP contribution >= 0.6 is 22.9 Å². The van der Waals surface area contributed by atoms with Gasteiger partial charge in [0, 0.05) is 44.0 Å². The van der Waals surface area contributed by atoms with Crippen molar-refractivity contribution in [3.05, 3.63) is 21.9 Å². The molecule has 1 amide bonds. The Morgan fingerprint density at radius 1 is 1.23 bits per heavy atom. The van der Waals surface area contributed by atoms with E-state index in [0.29, 0.717) is 11.1 Å². The summed E-state index contributed by atoms with van der Waals surface area (Å²) in [6.07, 6.45) is 4.24. The number of carbonyl (C=O) groups excluding carboxylic acids is 1. The number of hydrogen-bond acceptors (Lipinski definition) is 5. The average Bonchev–Trinajstić information content (AvgIpc) is 3.08. The van der Waals surface area contributed by atoms with Gasteiger partial charge in [-0.15, -0.1) is 11.3 Å². The lowest BCUT2D eigenvalue weighted by molar-refractivity contribution is -0.127. The summed E-state index contributed by atoms with van der Waals surface area (Å²) < 4.78 is 0. The van der Waals surface area contributed by atoms with E-state index in [1.807, 2.05) is 4.90 Å². The van der Waals surface area contributed by atoms with Crippen molar-refractivity contribution >= 4 is 39.1 Å². The second-order valence-corrected chi connectivity index (χ2v) is 7.30. The highest BCUT2D eigenvalue weighted by molar-refractivity contribution is 7.19. The third kappa shape index (κ3) is 2.49. The van der Waals surface area contributed by atoms with Crippen LogP contribution in [0.1, 0.15) is 23.3 Å². The molecule has 4 heterocycles. The molecule has 116 valence electrons. The van der Waals surface area contributed by atoms with Crippen molar-refractivity contribution in [3.8, 4) is 0 Å². The highest BCUT2D eigenvalue weighted by Crippen LogP contribution is 2.36. The summed E-state index contributed by atoms with van der Waals surface area (Å²) in [6, 6.07) is 0. The Bertz CT molecular complexity index is 732. The number of thiophene rings is 1. The molecule has 0 saturated carbocycles. The molecule has 1 fully saturated rings. The molecule has 4 rings (SSSR count). The monoisotopic (exact) mass is 336 g/mol. The van der Waals surface area contributed by atoms with E-state index in [9.17, 15) is 4.79 Å². The van der Waals surface area contributed by atoms with E-state index in [2.05, 4.69) is 14.9 Å². The maximum absolute atomic E-state index is 11.7. The summed E-state index contributed by atoms with van der Waals surface area (Å²) in [7, 11) is 0. The fourth-order valence-corrected chi connectivity index (χ4v) is 4.87. The molecule has 7 heteroatoms. The van der Waals surface area contributed by atoms with Crippen LogP contribution in [0.5, 0.6) is 0 Å². The third-order valence-corrected chi connectivity index (χ3v) is 5.94. The van der Waals surface area contributed by atoms with Crippen molar-refractivity contribution in [1.29, 1.82) is 0 Å². The molecule has 5 nitrogen and oxygen atoms in total. The molecule has 0 radical (unpaired) electrons. The van der Waals surface area contributed by atoms with Crippen LogP contribution in [0.15, 0.2) is 6.33 Å². The van der Waals surface area contributed by atoms with Crippen LogP contribution in [-0.2, 0) is 17.8 Å². The topological polar surface area (TPSA) is 49.3 Å². The summed E-state index contributed by atoms with van der Waals surface area (Å²) in [5, 5.41) is 1.61. The van der Waals surface area contributed by atoms with Crippen LogP contribution in [0, 0.1) is 0 Å². The van der Waals surface area contributed by atoms with E-state index in [1.54, 1.807) is 11.3 Å². The van der Waals surface area contributed by atoms with Crippen LogP contribution in [0.2, 0.25) is 5.15 Å². The molecular weight excluding hydrogens is 320 g/mol. The fourth-order valence-electron chi connectivity index (χ4n) is 3.34. The van der Waals surface area contributed by atoms with Gasteiger partial charge in [-0.3, -0.25) is 9.69 Å². The first-order chi connectivity index (χ1) is 10.7. The number of hydrogen-bond donors (Lipinski definition) is 0. The summed E-state index contributed by atoms with van der Waals surface area (Å²) in [5.74, 6) is 0.307. The van der Waals surface area contributed by atoms with Gasteiger partial charge in [-0.25, -0.2) is 9.97 Å². The molecule has 0 aliphatic carbocycles. The highest BCUT2D eigenvalue weighted by atomic mass is 35.5. The first-order valence-corrected chi connectivity index (χ1v) is 8.82. The minimum atomic E-state index is 0.307. The quantitative estimate of drug-likeness (QED) is 0.807. The van der Waals surface area contributed by atoms with E-state index in [4.69, 9.17) is 11.6 Å². The molecule has 0 N–H and O–H groups in total. The van der Waals surface area contributed by atoms with Gasteiger partial charge < -0.3 is 4.90 Å². The van der Waals surface area contributed by atoms with Crippen molar-refractivity contribution in [2.75, 3.05) is 26.2 Å². The Labute approximate surface area is 137 Å². The predicted molar refractivity (Wildman–Crippen MR) is 87.2 cm³/mol. The molecule has 22 heavy (non-hydrogen) atoms. The minimum absolute atomic E-state index is 0.307. The zero-order valence-electron chi connectivity index (χ0n) is 12.2. The van der Waals surface area contributed by atoms with Crippen LogP contribution < -0.4 is 0 Å². The average molecular weight is 337 g/mol. The van der Waals surface area contributed by atoms with Crippen LogP contribution in [0.3, 0.4) is 0 Å². The van der Waals surface area contributed by atoms with Crippen molar-refractivity contribution < 1.29 is 4.79 Å². The molecule has 0 bridgehead atoms.